The van der Waals surface area contributed by atoms with E-state index in [4.69, 9.17) is 9.47 Å². The van der Waals surface area contributed by atoms with Crippen molar-refractivity contribution in [1.82, 2.24) is 4.90 Å². The maximum atomic E-state index is 12.4. The number of anilines is 1. The van der Waals surface area contributed by atoms with Crippen molar-refractivity contribution in [3.05, 3.63) is 18.2 Å². The van der Waals surface area contributed by atoms with Crippen LogP contribution >= 0.6 is 0 Å². The summed E-state index contributed by atoms with van der Waals surface area (Å²) in [5.74, 6) is 1.09. The molecule has 7 nitrogen and oxygen atoms in total. The third-order valence-electron chi connectivity index (χ3n) is 3.90. The van der Waals surface area contributed by atoms with Crippen LogP contribution in [-0.2, 0) is 9.53 Å². The van der Waals surface area contributed by atoms with Crippen LogP contribution in [0.1, 0.15) is 12.8 Å². The van der Waals surface area contributed by atoms with Gasteiger partial charge in [-0.3, -0.25) is 4.79 Å². The van der Waals surface area contributed by atoms with Crippen molar-refractivity contribution in [2.45, 2.75) is 12.8 Å². The summed E-state index contributed by atoms with van der Waals surface area (Å²) in [6.07, 6.45) is 1.13. The molecule has 1 aromatic carbocycles. The van der Waals surface area contributed by atoms with Crippen molar-refractivity contribution in [2.75, 3.05) is 39.7 Å². The molecule has 2 amide bonds. The molecule has 0 aromatic heterocycles. The molecule has 1 heterocycles. The molecule has 126 valence electrons. The fourth-order valence-corrected chi connectivity index (χ4v) is 2.61. The van der Waals surface area contributed by atoms with Gasteiger partial charge in [-0.2, -0.15) is 0 Å². The van der Waals surface area contributed by atoms with Gasteiger partial charge in [0.15, 0.2) is 0 Å². The molecule has 0 unspecified atom stereocenters. The maximum Gasteiger partial charge on any atom is 0.321 e. The van der Waals surface area contributed by atoms with Crippen LogP contribution in [0.25, 0.3) is 0 Å². The largest absolute Gasteiger partial charge is 0.497 e. The van der Waals surface area contributed by atoms with Crippen LogP contribution in [-0.4, -0.2) is 51.3 Å². The SMILES string of the molecule is COC(=O)C[C@@H]1CCN(C(=O)Nc2cc(OC)ccc2OC)C1. The molecule has 1 aliphatic rings. The Balaban J connectivity index is 1.98. The highest BCUT2D eigenvalue weighted by atomic mass is 16.5. The van der Waals surface area contributed by atoms with Crippen molar-refractivity contribution in [3.8, 4) is 11.5 Å². The Kier molecular flexibility index (Phi) is 5.67. The number of esters is 1. The van der Waals surface area contributed by atoms with Gasteiger partial charge < -0.3 is 24.4 Å². The van der Waals surface area contributed by atoms with Crippen molar-refractivity contribution >= 4 is 17.7 Å². The summed E-state index contributed by atoms with van der Waals surface area (Å²) >= 11 is 0. The van der Waals surface area contributed by atoms with E-state index in [1.165, 1.54) is 7.11 Å². The van der Waals surface area contributed by atoms with Crippen molar-refractivity contribution in [3.63, 3.8) is 0 Å². The van der Waals surface area contributed by atoms with Crippen LogP contribution in [0.15, 0.2) is 18.2 Å². The lowest BCUT2D eigenvalue weighted by Gasteiger charge is -2.19. The first kappa shape index (κ1) is 16.9. The quantitative estimate of drug-likeness (QED) is 0.840. The van der Waals surface area contributed by atoms with Gasteiger partial charge in [-0.1, -0.05) is 0 Å². The molecule has 0 saturated carbocycles. The fourth-order valence-electron chi connectivity index (χ4n) is 2.61. The number of hydrogen-bond acceptors (Lipinski definition) is 5. The Morgan fingerprint density at radius 2 is 2.04 bits per heavy atom. The van der Waals surface area contributed by atoms with E-state index >= 15 is 0 Å². The highest BCUT2D eigenvalue weighted by molar-refractivity contribution is 5.91. The first-order chi connectivity index (χ1) is 11.1. The minimum Gasteiger partial charge on any atom is -0.497 e. The molecule has 1 aromatic rings. The molecular weight excluding hydrogens is 300 g/mol. The first-order valence-corrected chi connectivity index (χ1v) is 7.42. The molecule has 1 aliphatic heterocycles. The topological polar surface area (TPSA) is 77.1 Å². The van der Waals surface area contributed by atoms with E-state index in [1.54, 1.807) is 37.3 Å². The Morgan fingerprint density at radius 3 is 2.70 bits per heavy atom. The third-order valence-corrected chi connectivity index (χ3v) is 3.90. The van der Waals surface area contributed by atoms with Crippen LogP contribution < -0.4 is 14.8 Å². The van der Waals surface area contributed by atoms with Crippen LogP contribution in [0.5, 0.6) is 11.5 Å². The summed E-state index contributed by atoms with van der Waals surface area (Å²) in [5.41, 5.74) is 0.549. The van der Waals surface area contributed by atoms with E-state index in [9.17, 15) is 9.59 Å². The van der Waals surface area contributed by atoms with Crippen LogP contribution in [0, 0.1) is 5.92 Å². The predicted molar refractivity (Wildman–Crippen MR) is 84.9 cm³/mol. The summed E-state index contributed by atoms with van der Waals surface area (Å²) in [6, 6.07) is 4.98. The van der Waals surface area contributed by atoms with Gasteiger partial charge in [0.1, 0.15) is 11.5 Å². The summed E-state index contributed by atoms with van der Waals surface area (Å²) < 4.78 is 15.1. The molecule has 0 radical (unpaired) electrons. The Morgan fingerprint density at radius 1 is 1.26 bits per heavy atom. The normalized spacial score (nSPS) is 16.8. The second kappa shape index (κ2) is 7.71. The summed E-state index contributed by atoms with van der Waals surface area (Å²) in [5, 5.41) is 2.83. The standard InChI is InChI=1S/C16H22N2O5/c1-21-12-4-5-14(22-2)13(9-12)17-16(20)18-7-6-11(10-18)8-15(19)23-3/h4-5,9,11H,6-8,10H2,1-3H3,(H,17,20)/t11-/m0/s1. The first-order valence-electron chi connectivity index (χ1n) is 7.42. The van der Waals surface area contributed by atoms with E-state index in [0.717, 1.165) is 6.42 Å². The molecule has 1 atom stereocenters. The number of ether oxygens (including phenoxy) is 3. The van der Waals surface area contributed by atoms with Crippen molar-refractivity contribution in [1.29, 1.82) is 0 Å². The molecule has 7 heteroatoms. The lowest BCUT2D eigenvalue weighted by molar-refractivity contribution is -0.141. The van der Waals surface area contributed by atoms with Crippen LogP contribution in [0.4, 0.5) is 10.5 Å². The Labute approximate surface area is 135 Å². The number of benzene rings is 1. The Hall–Kier alpha value is -2.44. The number of methoxy groups -OCH3 is 3. The molecule has 1 fully saturated rings. The van der Waals surface area contributed by atoms with E-state index in [0.29, 0.717) is 36.7 Å². The minimum atomic E-state index is -0.244. The lowest BCUT2D eigenvalue weighted by Crippen LogP contribution is -2.33. The highest BCUT2D eigenvalue weighted by Gasteiger charge is 2.28. The van der Waals surface area contributed by atoms with E-state index in [1.807, 2.05) is 0 Å². The van der Waals surface area contributed by atoms with Crippen LogP contribution in [0.2, 0.25) is 0 Å². The van der Waals surface area contributed by atoms with Gasteiger partial charge in [0, 0.05) is 19.2 Å². The summed E-state index contributed by atoms with van der Waals surface area (Å²) in [6.45, 7) is 1.15. The fraction of sp³-hybridized carbons (Fsp3) is 0.500. The number of nitrogens with zero attached hydrogens (tertiary/aromatic N) is 1. The lowest BCUT2D eigenvalue weighted by atomic mass is 10.1. The zero-order valence-electron chi connectivity index (χ0n) is 13.6. The predicted octanol–water partition coefficient (Wildman–Crippen LogP) is 2.12. The van der Waals surface area contributed by atoms with Gasteiger partial charge in [-0.15, -0.1) is 0 Å². The molecular formula is C16H22N2O5. The smallest absolute Gasteiger partial charge is 0.321 e. The highest BCUT2D eigenvalue weighted by Crippen LogP contribution is 2.30. The number of urea groups is 1. The molecule has 2 rings (SSSR count). The van der Waals surface area contributed by atoms with Gasteiger partial charge in [0.2, 0.25) is 0 Å². The second-order valence-corrected chi connectivity index (χ2v) is 5.38. The Bertz CT molecular complexity index is 576. The molecule has 1 N–H and O–H groups in total. The monoisotopic (exact) mass is 322 g/mol. The number of nitrogens with one attached hydrogen (secondary N) is 1. The molecule has 1 saturated heterocycles. The van der Waals surface area contributed by atoms with E-state index in [2.05, 4.69) is 10.1 Å². The number of hydrogen-bond donors (Lipinski definition) is 1. The molecule has 0 aliphatic carbocycles. The van der Waals surface area contributed by atoms with Gasteiger partial charge >= 0.3 is 12.0 Å². The van der Waals surface area contributed by atoms with Crippen molar-refractivity contribution < 1.29 is 23.8 Å². The van der Waals surface area contributed by atoms with E-state index < -0.39 is 0 Å². The number of amides is 2. The van der Waals surface area contributed by atoms with Gasteiger partial charge in [0.25, 0.3) is 0 Å². The number of carbonyl (C=O) groups is 2. The molecule has 0 spiro atoms. The number of rotatable bonds is 5. The van der Waals surface area contributed by atoms with Gasteiger partial charge in [-0.05, 0) is 24.5 Å². The average Bonchev–Trinajstić information content (AvgIpc) is 3.03. The van der Waals surface area contributed by atoms with Crippen LogP contribution in [0.3, 0.4) is 0 Å². The van der Waals surface area contributed by atoms with Gasteiger partial charge in [-0.25, -0.2) is 4.79 Å². The second-order valence-electron chi connectivity index (χ2n) is 5.38. The number of likely N-dealkylation sites (tertiary alicyclic amines) is 1. The van der Waals surface area contributed by atoms with Gasteiger partial charge in [0.05, 0.1) is 33.4 Å². The van der Waals surface area contributed by atoms with Crippen molar-refractivity contribution in [2.24, 2.45) is 5.92 Å². The minimum absolute atomic E-state index is 0.139. The zero-order chi connectivity index (χ0) is 16.8. The molecule has 23 heavy (non-hydrogen) atoms. The summed E-state index contributed by atoms with van der Waals surface area (Å²) in [7, 11) is 4.47. The third kappa shape index (κ3) is 4.28. The average molecular weight is 322 g/mol. The van der Waals surface area contributed by atoms with E-state index in [-0.39, 0.29) is 17.9 Å². The summed E-state index contributed by atoms with van der Waals surface area (Å²) in [4.78, 5) is 25.4. The number of carbonyl (C=O) groups excluding carboxylic acids is 2. The zero-order valence-corrected chi connectivity index (χ0v) is 13.6. The maximum absolute atomic E-state index is 12.4. The molecule has 0 bridgehead atoms.